The van der Waals surface area contributed by atoms with Crippen molar-refractivity contribution in [2.75, 3.05) is 27.3 Å². The van der Waals surface area contributed by atoms with Gasteiger partial charge in [-0.2, -0.15) is 0 Å². The number of fused-ring (bicyclic) bond motifs is 1. The summed E-state index contributed by atoms with van der Waals surface area (Å²) in [7, 11) is -0.783. The SMILES string of the molecule is COc1cc2c(cc1OC)S(=O)(=O)C(CC1(F)CCN(Cc3cc(F)ccc3F)CC1)C2. The number of rotatable bonds is 6. The fraction of sp³-hybridized carbons (Fsp3) is 0.478. The molecule has 0 aromatic heterocycles. The summed E-state index contributed by atoms with van der Waals surface area (Å²) in [5.74, 6) is -0.250. The van der Waals surface area contributed by atoms with Crippen LogP contribution in [0, 0.1) is 11.6 Å². The second kappa shape index (κ2) is 8.59. The summed E-state index contributed by atoms with van der Waals surface area (Å²) in [5.41, 5.74) is -0.798. The van der Waals surface area contributed by atoms with Crippen molar-refractivity contribution in [1.82, 2.24) is 4.90 Å². The molecule has 0 radical (unpaired) electrons. The summed E-state index contributed by atoms with van der Waals surface area (Å²) in [6, 6.07) is 6.39. The van der Waals surface area contributed by atoms with Crippen LogP contribution < -0.4 is 9.47 Å². The number of likely N-dealkylation sites (tertiary alicyclic amines) is 1. The molecule has 2 heterocycles. The summed E-state index contributed by atoms with van der Waals surface area (Å²) < 4.78 is 79.7. The molecule has 2 aliphatic heterocycles. The monoisotopic (exact) mass is 469 g/mol. The molecule has 5 nitrogen and oxygen atoms in total. The van der Waals surface area contributed by atoms with E-state index >= 15 is 4.39 Å². The van der Waals surface area contributed by atoms with Gasteiger partial charge in [-0.05, 0) is 55.5 Å². The number of hydrogen-bond acceptors (Lipinski definition) is 5. The molecule has 1 unspecified atom stereocenters. The number of methoxy groups -OCH3 is 2. The average Bonchev–Trinajstić information content (AvgIpc) is 3.00. The van der Waals surface area contributed by atoms with Gasteiger partial charge >= 0.3 is 0 Å². The Bertz CT molecular complexity index is 1110. The van der Waals surface area contributed by atoms with Gasteiger partial charge in [-0.1, -0.05) is 0 Å². The Morgan fingerprint density at radius 3 is 2.38 bits per heavy atom. The maximum absolute atomic E-state index is 15.7. The second-order valence-corrected chi connectivity index (χ2v) is 10.7. The highest BCUT2D eigenvalue weighted by molar-refractivity contribution is 7.92. The number of halogens is 3. The molecular formula is C23H26F3NO4S. The molecule has 32 heavy (non-hydrogen) atoms. The third-order valence-electron chi connectivity index (χ3n) is 6.51. The van der Waals surface area contributed by atoms with Crippen LogP contribution in [0.3, 0.4) is 0 Å². The lowest BCUT2D eigenvalue weighted by molar-refractivity contribution is 0.0467. The van der Waals surface area contributed by atoms with E-state index in [4.69, 9.17) is 9.47 Å². The quantitative estimate of drug-likeness (QED) is 0.638. The topological polar surface area (TPSA) is 55.8 Å². The maximum Gasteiger partial charge on any atom is 0.182 e. The number of piperidine rings is 1. The summed E-state index contributed by atoms with van der Waals surface area (Å²) in [6.45, 7) is 0.869. The summed E-state index contributed by atoms with van der Waals surface area (Å²) in [5, 5.41) is -0.855. The first-order chi connectivity index (χ1) is 15.1. The molecule has 0 N–H and O–H groups in total. The first-order valence-corrected chi connectivity index (χ1v) is 12.0. The fourth-order valence-corrected chi connectivity index (χ4v) is 6.73. The zero-order chi connectivity index (χ0) is 23.1. The normalized spacial score (nSPS) is 21.8. The van der Waals surface area contributed by atoms with E-state index in [-0.39, 0.29) is 42.7 Å². The van der Waals surface area contributed by atoms with Crippen molar-refractivity contribution in [3.8, 4) is 11.5 Å². The van der Waals surface area contributed by atoms with Gasteiger partial charge in [0.2, 0.25) is 0 Å². The molecule has 2 aliphatic rings. The first-order valence-electron chi connectivity index (χ1n) is 10.5. The Morgan fingerprint density at radius 2 is 1.72 bits per heavy atom. The van der Waals surface area contributed by atoms with Crippen LogP contribution in [0.2, 0.25) is 0 Å². The molecule has 0 saturated carbocycles. The lowest BCUT2D eigenvalue weighted by atomic mass is 9.87. The van der Waals surface area contributed by atoms with Crippen LogP contribution >= 0.6 is 0 Å². The minimum Gasteiger partial charge on any atom is -0.493 e. The van der Waals surface area contributed by atoms with Gasteiger partial charge < -0.3 is 9.47 Å². The molecule has 0 aliphatic carbocycles. The van der Waals surface area contributed by atoms with Gasteiger partial charge in [-0.15, -0.1) is 0 Å². The minimum atomic E-state index is -3.69. The van der Waals surface area contributed by atoms with E-state index in [9.17, 15) is 17.2 Å². The van der Waals surface area contributed by atoms with Crippen molar-refractivity contribution in [2.24, 2.45) is 0 Å². The van der Waals surface area contributed by atoms with E-state index in [1.165, 1.54) is 20.3 Å². The largest absolute Gasteiger partial charge is 0.493 e. The van der Waals surface area contributed by atoms with Gasteiger partial charge in [0, 0.05) is 31.3 Å². The summed E-state index contributed by atoms with van der Waals surface area (Å²) >= 11 is 0. The Morgan fingerprint density at radius 1 is 1.06 bits per heavy atom. The zero-order valence-electron chi connectivity index (χ0n) is 18.0. The molecule has 0 spiro atoms. The predicted octanol–water partition coefficient (Wildman–Crippen LogP) is 4.07. The summed E-state index contributed by atoms with van der Waals surface area (Å²) in [4.78, 5) is 2.03. The zero-order valence-corrected chi connectivity index (χ0v) is 18.9. The van der Waals surface area contributed by atoms with E-state index in [0.717, 1.165) is 18.2 Å². The lowest BCUT2D eigenvalue weighted by Crippen LogP contribution is -2.44. The molecular weight excluding hydrogens is 443 g/mol. The van der Waals surface area contributed by atoms with Crippen molar-refractivity contribution in [1.29, 1.82) is 0 Å². The molecule has 1 atom stereocenters. The number of alkyl halides is 1. The Labute approximate surface area is 186 Å². The number of sulfone groups is 1. The Balaban J connectivity index is 1.44. The number of nitrogens with zero attached hydrogens (tertiary/aromatic N) is 1. The molecule has 2 aromatic rings. The molecule has 2 aromatic carbocycles. The van der Waals surface area contributed by atoms with Gasteiger partial charge in [0.15, 0.2) is 21.3 Å². The van der Waals surface area contributed by atoms with Crippen LogP contribution in [-0.2, 0) is 22.8 Å². The van der Waals surface area contributed by atoms with Gasteiger partial charge in [0.25, 0.3) is 0 Å². The number of benzene rings is 2. The smallest absolute Gasteiger partial charge is 0.182 e. The van der Waals surface area contributed by atoms with E-state index in [0.29, 0.717) is 30.2 Å². The summed E-state index contributed by atoms with van der Waals surface area (Å²) in [6.07, 6.45) is 0.399. The van der Waals surface area contributed by atoms with Crippen molar-refractivity contribution in [2.45, 2.75) is 48.0 Å². The van der Waals surface area contributed by atoms with Crippen molar-refractivity contribution in [3.05, 3.63) is 53.1 Å². The van der Waals surface area contributed by atoms with Crippen LogP contribution in [0.15, 0.2) is 35.2 Å². The van der Waals surface area contributed by atoms with Crippen LogP contribution in [0.1, 0.15) is 30.4 Å². The molecule has 174 valence electrons. The van der Waals surface area contributed by atoms with Gasteiger partial charge in [-0.25, -0.2) is 21.6 Å². The van der Waals surface area contributed by atoms with Gasteiger partial charge in [0.1, 0.15) is 17.3 Å². The maximum atomic E-state index is 15.7. The molecule has 4 rings (SSSR count). The van der Waals surface area contributed by atoms with Crippen LogP contribution in [0.5, 0.6) is 11.5 Å². The van der Waals surface area contributed by atoms with Crippen molar-refractivity contribution < 1.29 is 31.1 Å². The van der Waals surface area contributed by atoms with Crippen LogP contribution in [0.4, 0.5) is 13.2 Å². The van der Waals surface area contributed by atoms with Crippen LogP contribution in [0.25, 0.3) is 0 Å². The molecule has 0 bridgehead atoms. The highest BCUT2D eigenvalue weighted by atomic mass is 32.2. The average molecular weight is 470 g/mol. The third kappa shape index (κ3) is 4.32. The van der Waals surface area contributed by atoms with Crippen molar-refractivity contribution in [3.63, 3.8) is 0 Å². The van der Waals surface area contributed by atoms with Gasteiger partial charge in [0.05, 0.1) is 24.4 Å². The molecule has 1 saturated heterocycles. The first kappa shape index (κ1) is 22.9. The molecule has 0 amide bonds. The molecule has 9 heteroatoms. The molecule has 1 fully saturated rings. The Hall–Kier alpha value is -2.26. The predicted molar refractivity (Wildman–Crippen MR) is 114 cm³/mol. The van der Waals surface area contributed by atoms with E-state index in [2.05, 4.69) is 0 Å². The highest BCUT2D eigenvalue weighted by Gasteiger charge is 2.45. The van der Waals surface area contributed by atoms with E-state index in [1.807, 2.05) is 4.90 Å². The number of ether oxygens (including phenoxy) is 2. The van der Waals surface area contributed by atoms with E-state index in [1.54, 1.807) is 6.07 Å². The lowest BCUT2D eigenvalue weighted by Gasteiger charge is -2.37. The van der Waals surface area contributed by atoms with Crippen molar-refractivity contribution >= 4 is 9.84 Å². The Kier molecular flexibility index (Phi) is 6.15. The third-order valence-corrected chi connectivity index (χ3v) is 8.71. The number of hydrogen-bond donors (Lipinski definition) is 0. The fourth-order valence-electron chi connectivity index (χ4n) is 4.67. The van der Waals surface area contributed by atoms with E-state index < -0.39 is 32.4 Å². The minimum absolute atomic E-state index is 0.100. The standard InChI is InChI=1S/C23H26F3NO4S/c1-30-20-11-15-10-18(32(28,29)22(15)12-21(20)31-2)13-23(26)5-7-27(8-6-23)14-16-9-17(24)3-4-19(16)25/h3-4,9,11-12,18H,5-8,10,13-14H2,1-2H3. The highest BCUT2D eigenvalue weighted by Crippen LogP contribution is 2.43. The van der Waals surface area contributed by atoms with Crippen LogP contribution in [-0.4, -0.2) is 51.5 Å². The van der Waals surface area contributed by atoms with Gasteiger partial charge in [-0.3, -0.25) is 4.90 Å². The second-order valence-electron chi connectivity index (χ2n) is 8.55.